The average Bonchev–Trinajstić information content (AvgIpc) is 2.89. The number of anilines is 1. The van der Waals surface area contributed by atoms with Crippen LogP contribution in [-0.2, 0) is 14.9 Å². The number of carbonyl (C=O) groups excluding carboxylic acids is 1. The lowest BCUT2D eigenvalue weighted by atomic mass is 9.78. The number of hydrogen-bond acceptors (Lipinski definition) is 3. The van der Waals surface area contributed by atoms with Crippen LogP contribution in [0.25, 0.3) is 0 Å². The van der Waals surface area contributed by atoms with E-state index in [1.165, 1.54) is 0 Å². The second kappa shape index (κ2) is 6.22. The number of carboxylic acids is 1. The van der Waals surface area contributed by atoms with E-state index < -0.39 is 23.1 Å². The van der Waals surface area contributed by atoms with Gasteiger partial charge in [-0.2, -0.15) is 0 Å². The summed E-state index contributed by atoms with van der Waals surface area (Å²) in [6, 6.07) is 5.48. The van der Waals surface area contributed by atoms with Crippen molar-refractivity contribution in [3.05, 3.63) is 29.3 Å². The van der Waals surface area contributed by atoms with Gasteiger partial charge in [-0.15, -0.1) is 0 Å². The predicted octanol–water partition coefficient (Wildman–Crippen LogP) is 4.24. The quantitative estimate of drug-likeness (QED) is 0.874. The topological polar surface area (TPSA) is 75.6 Å². The highest BCUT2D eigenvalue weighted by Gasteiger charge is 2.43. The Morgan fingerprint density at radius 3 is 2.35 bits per heavy atom. The van der Waals surface area contributed by atoms with Crippen molar-refractivity contribution in [1.82, 2.24) is 0 Å². The summed E-state index contributed by atoms with van der Waals surface area (Å²) in [5.41, 5.74) is 0.808. The van der Waals surface area contributed by atoms with E-state index in [0.717, 1.165) is 24.0 Å². The molecule has 0 unspecified atom stereocenters. The summed E-state index contributed by atoms with van der Waals surface area (Å²) in [6.07, 6.45) is 2.56. The Labute approximate surface area is 137 Å². The molecule has 2 rings (SSSR count). The maximum Gasteiger partial charge on any atom is 0.412 e. The van der Waals surface area contributed by atoms with Gasteiger partial charge in [0, 0.05) is 5.69 Å². The first-order valence-corrected chi connectivity index (χ1v) is 7.99. The smallest absolute Gasteiger partial charge is 0.412 e. The summed E-state index contributed by atoms with van der Waals surface area (Å²) in [5, 5.41) is 12.4. The molecule has 0 radical (unpaired) electrons. The molecule has 0 saturated heterocycles. The van der Waals surface area contributed by atoms with Crippen molar-refractivity contribution in [2.75, 3.05) is 5.32 Å². The lowest BCUT2D eigenvalue weighted by Gasteiger charge is -2.26. The van der Waals surface area contributed by atoms with Gasteiger partial charge in [0.25, 0.3) is 0 Å². The number of nitrogens with one attached hydrogen (secondary N) is 1. The van der Waals surface area contributed by atoms with Crippen molar-refractivity contribution in [1.29, 1.82) is 0 Å². The van der Waals surface area contributed by atoms with E-state index in [1.54, 1.807) is 26.8 Å². The van der Waals surface area contributed by atoms with E-state index >= 15 is 0 Å². The van der Waals surface area contributed by atoms with Gasteiger partial charge in [0.2, 0.25) is 0 Å². The fraction of sp³-hybridized carbons (Fsp3) is 0.556. The van der Waals surface area contributed by atoms with Gasteiger partial charge in [0.1, 0.15) is 5.60 Å². The normalized spacial score (nSPS) is 16.9. The van der Waals surface area contributed by atoms with Gasteiger partial charge in [-0.1, -0.05) is 25.0 Å². The Morgan fingerprint density at radius 2 is 1.83 bits per heavy atom. The molecule has 0 aliphatic heterocycles. The van der Waals surface area contributed by atoms with E-state index in [1.807, 2.05) is 19.1 Å². The molecule has 1 aliphatic rings. The molecule has 1 fully saturated rings. The standard InChI is InChI=1S/C18H25NO4/c1-12-7-8-13(18(15(20)21)9-5-6-10-18)11-14(12)19-16(22)23-17(2,3)4/h7-8,11H,5-6,9-10H2,1-4H3,(H,19,22)(H,20,21). The van der Waals surface area contributed by atoms with Crippen molar-refractivity contribution >= 4 is 17.7 Å². The second-order valence-electron chi connectivity index (χ2n) is 7.25. The zero-order chi connectivity index (χ0) is 17.3. The minimum Gasteiger partial charge on any atom is -0.481 e. The van der Waals surface area contributed by atoms with Gasteiger partial charge in [0.05, 0.1) is 5.41 Å². The van der Waals surface area contributed by atoms with Crippen LogP contribution < -0.4 is 5.32 Å². The summed E-state index contributed by atoms with van der Waals surface area (Å²) < 4.78 is 5.27. The Morgan fingerprint density at radius 1 is 1.22 bits per heavy atom. The molecule has 0 bridgehead atoms. The van der Waals surface area contributed by atoms with Crippen molar-refractivity contribution in [2.45, 2.75) is 64.4 Å². The predicted molar refractivity (Wildman–Crippen MR) is 88.8 cm³/mol. The van der Waals surface area contributed by atoms with Crippen LogP contribution in [-0.4, -0.2) is 22.8 Å². The maximum absolute atomic E-state index is 12.0. The highest BCUT2D eigenvalue weighted by Crippen LogP contribution is 2.42. The first kappa shape index (κ1) is 17.3. The van der Waals surface area contributed by atoms with E-state index in [9.17, 15) is 14.7 Å². The number of carbonyl (C=O) groups is 2. The van der Waals surface area contributed by atoms with Crippen LogP contribution in [0, 0.1) is 6.92 Å². The number of carboxylic acid groups (broad SMARTS) is 1. The van der Waals surface area contributed by atoms with Gasteiger partial charge in [-0.3, -0.25) is 10.1 Å². The highest BCUT2D eigenvalue weighted by molar-refractivity contribution is 5.87. The van der Waals surface area contributed by atoms with Gasteiger partial charge >= 0.3 is 12.1 Å². The molecule has 1 saturated carbocycles. The molecule has 0 atom stereocenters. The van der Waals surface area contributed by atoms with Crippen molar-refractivity contribution in [2.24, 2.45) is 0 Å². The number of ether oxygens (including phenoxy) is 1. The van der Waals surface area contributed by atoms with Crippen molar-refractivity contribution < 1.29 is 19.4 Å². The van der Waals surface area contributed by atoms with Crippen LogP contribution in [0.3, 0.4) is 0 Å². The monoisotopic (exact) mass is 319 g/mol. The molecular weight excluding hydrogens is 294 g/mol. The number of rotatable bonds is 3. The first-order chi connectivity index (χ1) is 10.6. The van der Waals surface area contributed by atoms with Gasteiger partial charge in [0.15, 0.2) is 0 Å². The van der Waals surface area contributed by atoms with Gasteiger partial charge < -0.3 is 9.84 Å². The van der Waals surface area contributed by atoms with Gasteiger partial charge in [-0.25, -0.2) is 4.79 Å². The third-order valence-electron chi connectivity index (χ3n) is 4.29. The number of benzene rings is 1. The molecule has 5 nitrogen and oxygen atoms in total. The zero-order valence-electron chi connectivity index (χ0n) is 14.2. The molecule has 0 aromatic heterocycles. The molecule has 23 heavy (non-hydrogen) atoms. The van der Waals surface area contributed by atoms with Crippen molar-refractivity contribution in [3.63, 3.8) is 0 Å². The van der Waals surface area contributed by atoms with Crippen LogP contribution in [0.1, 0.15) is 57.6 Å². The van der Waals surface area contributed by atoms with E-state index in [4.69, 9.17) is 4.74 Å². The summed E-state index contributed by atoms with van der Waals surface area (Å²) in [7, 11) is 0. The Bertz CT molecular complexity index is 610. The summed E-state index contributed by atoms with van der Waals surface area (Å²) in [4.78, 5) is 23.8. The third-order valence-corrected chi connectivity index (χ3v) is 4.29. The summed E-state index contributed by atoms with van der Waals surface area (Å²) >= 11 is 0. The fourth-order valence-corrected chi connectivity index (χ4v) is 3.07. The molecule has 0 spiro atoms. The van der Waals surface area contributed by atoms with E-state index in [0.29, 0.717) is 18.5 Å². The molecule has 126 valence electrons. The number of aliphatic carboxylic acids is 1. The third kappa shape index (κ3) is 3.84. The fourth-order valence-electron chi connectivity index (χ4n) is 3.07. The van der Waals surface area contributed by atoms with Crippen LogP contribution in [0.2, 0.25) is 0 Å². The minimum atomic E-state index is -0.835. The molecular formula is C18H25NO4. The van der Waals surface area contributed by atoms with Crippen LogP contribution in [0.15, 0.2) is 18.2 Å². The van der Waals surface area contributed by atoms with Gasteiger partial charge in [-0.05, 0) is 57.7 Å². The first-order valence-electron chi connectivity index (χ1n) is 7.99. The SMILES string of the molecule is Cc1ccc(C2(C(=O)O)CCCC2)cc1NC(=O)OC(C)(C)C. The highest BCUT2D eigenvalue weighted by atomic mass is 16.6. The number of hydrogen-bond donors (Lipinski definition) is 2. The molecule has 5 heteroatoms. The van der Waals surface area contributed by atoms with E-state index in [-0.39, 0.29) is 0 Å². The number of aryl methyl sites for hydroxylation is 1. The Kier molecular flexibility index (Phi) is 4.68. The molecule has 1 amide bonds. The zero-order valence-corrected chi connectivity index (χ0v) is 14.2. The van der Waals surface area contributed by atoms with Crippen LogP contribution in [0.5, 0.6) is 0 Å². The average molecular weight is 319 g/mol. The second-order valence-corrected chi connectivity index (χ2v) is 7.25. The van der Waals surface area contributed by atoms with Crippen molar-refractivity contribution in [3.8, 4) is 0 Å². The molecule has 0 heterocycles. The largest absolute Gasteiger partial charge is 0.481 e. The Hall–Kier alpha value is -2.04. The molecule has 1 aliphatic carbocycles. The Balaban J connectivity index is 2.29. The summed E-state index contributed by atoms with van der Waals surface area (Å²) in [6.45, 7) is 7.27. The summed E-state index contributed by atoms with van der Waals surface area (Å²) in [5.74, 6) is -0.790. The maximum atomic E-state index is 12.0. The molecule has 2 N–H and O–H groups in total. The molecule has 1 aromatic rings. The number of amides is 1. The lowest BCUT2D eigenvalue weighted by Crippen LogP contribution is -2.33. The van der Waals surface area contributed by atoms with Crippen LogP contribution in [0.4, 0.5) is 10.5 Å². The van der Waals surface area contributed by atoms with E-state index in [2.05, 4.69) is 5.32 Å². The lowest BCUT2D eigenvalue weighted by molar-refractivity contribution is -0.143. The molecule has 1 aromatic carbocycles. The van der Waals surface area contributed by atoms with Crippen LogP contribution >= 0.6 is 0 Å². The minimum absolute atomic E-state index is 0.534.